The van der Waals surface area contributed by atoms with Crippen LogP contribution in [0.25, 0.3) is 110 Å². The highest BCUT2D eigenvalue weighted by molar-refractivity contribution is 6.17. The Balaban J connectivity index is 0.982. The molecule has 0 bridgehead atoms. The van der Waals surface area contributed by atoms with Crippen molar-refractivity contribution in [2.24, 2.45) is 0 Å². The van der Waals surface area contributed by atoms with E-state index in [1.165, 1.54) is 77.2 Å². The van der Waals surface area contributed by atoms with Crippen molar-refractivity contribution in [3.8, 4) is 66.8 Å². The molecule has 2 aliphatic carbocycles. The second-order valence-electron chi connectivity index (χ2n) is 12.6. The van der Waals surface area contributed by atoms with Crippen molar-refractivity contribution in [1.29, 1.82) is 0 Å². The Bertz CT molecular complexity index is 2600. The van der Waals surface area contributed by atoms with Gasteiger partial charge in [0.1, 0.15) is 0 Å². The third-order valence-corrected chi connectivity index (χ3v) is 10.2. The summed E-state index contributed by atoms with van der Waals surface area (Å²) in [6, 6.07) is 48.9. The van der Waals surface area contributed by atoms with Crippen LogP contribution in [0.3, 0.4) is 0 Å². The lowest BCUT2D eigenvalue weighted by atomic mass is 9.96. The summed E-state index contributed by atoms with van der Waals surface area (Å²) < 4.78 is 0. The van der Waals surface area contributed by atoms with E-state index in [0.717, 1.165) is 32.9 Å². The molecule has 0 unspecified atom stereocenters. The number of rotatable bonds is 2. The summed E-state index contributed by atoms with van der Waals surface area (Å²) in [6.07, 6.45) is 4.00. The van der Waals surface area contributed by atoms with Crippen LogP contribution in [-0.2, 0) is 0 Å². The molecule has 2 nitrogen and oxygen atoms in total. The number of benzene rings is 7. The minimum absolute atomic E-state index is 0.933. The first-order chi connectivity index (χ1) is 22.8. The second kappa shape index (κ2) is 8.74. The van der Waals surface area contributed by atoms with Crippen LogP contribution in [0.5, 0.6) is 0 Å². The molecule has 2 aromatic heterocycles. The summed E-state index contributed by atoms with van der Waals surface area (Å²) in [5.74, 6) is 0. The van der Waals surface area contributed by atoms with Gasteiger partial charge < -0.3 is 0 Å². The summed E-state index contributed by atoms with van der Waals surface area (Å²) in [5, 5.41) is 7.49. The predicted molar refractivity (Wildman–Crippen MR) is 192 cm³/mol. The van der Waals surface area contributed by atoms with Gasteiger partial charge in [0.2, 0.25) is 0 Å². The van der Waals surface area contributed by atoms with Gasteiger partial charge in [-0.25, -0.2) is 0 Å². The predicted octanol–water partition coefficient (Wildman–Crippen LogP) is 11.7. The van der Waals surface area contributed by atoms with Gasteiger partial charge in [-0.1, -0.05) is 109 Å². The van der Waals surface area contributed by atoms with E-state index in [1.807, 2.05) is 12.4 Å². The smallest absolute Gasteiger partial charge is 0.0965 e. The number of aromatic nitrogens is 2. The van der Waals surface area contributed by atoms with E-state index in [-0.39, 0.29) is 0 Å². The van der Waals surface area contributed by atoms with E-state index in [1.54, 1.807) is 0 Å². The molecule has 9 aromatic rings. The minimum Gasteiger partial charge on any atom is -0.253 e. The maximum Gasteiger partial charge on any atom is 0.0965 e. The molecule has 0 amide bonds. The van der Waals surface area contributed by atoms with Crippen molar-refractivity contribution >= 4 is 43.4 Å². The average Bonchev–Trinajstić information content (AvgIpc) is 3.62. The van der Waals surface area contributed by atoms with Crippen molar-refractivity contribution < 1.29 is 0 Å². The number of hydrogen-bond donors (Lipinski definition) is 0. The monoisotopic (exact) mass is 580 g/mol. The molecule has 0 aliphatic heterocycles. The zero-order valence-corrected chi connectivity index (χ0v) is 24.8. The summed E-state index contributed by atoms with van der Waals surface area (Å²) in [4.78, 5) is 9.98. The molecule has 0 N–H and O–H groups in total. The van der Waals surface area contributed by atoms with Gasteiger partial charge in [0.05, 0.1) is 11.0 Å². The largest absolute Gasteiger partial charge is 0.253 e. The van der Waals surface area contributed by atoms with Crippen LogP contribution in [0.2, 0.25) is 0 Å². The lowest BCUT2D eigenvalue weighted by Gasteiger charge is -2.10. The van der Waals surface area contributed by atoms with E-state index < -0.39 is 0 Å². The summed E-state index contributed by atoms with van der Waals surface area (Å²) >= 11 is 0. The van der Waals surface area contributed by atoms with E-state index >= 15 is 0 Å². The zero-order chi connectivity index (χ0) is 29.9. The first-order valence-corrected chi connectivity index (χ1v) is 15.8. The molecule has 0 saturated heterocycles. The minimum atomic E-state index is 0.933. The average molecular weight is 581 g/mol. The fourth-order valence-corrected chi connectivity index (χ4v) is 8.05. The zero-order valence-electron chi connectivity index (χ0n) is 24.8. The first kappa shape index (κ1) is 24.2. The number of fused-ring (bicyclic) bond motifs is 9. The topological polar surface area (TPSA) is 25.8 Å². The molecule has 210 valence electrons. The van der Waals surface area contributed by atoms with Crippen LogP contribution in [0.1, 0.15) is 0 Å². The van der Waals surface area contributed by atoms with Gasteiger partial charge in [0.15, 0.2) is 0 Å². The highest BCUT2D eigenvalue weighted by Crippen LogP contribution is 2.49. The van der Waals surface area contributed by atoms with Crippen molar-refractivity contribution in [1.82, 2.24) is 9.97 Å². The quantitative estimate of drug-likeness (QED) is 0.190. The molecular weight excluding hydrogens is 556 g/mol. The Morgan fingerprint density at radius 3 is 1.13 bits per heavy atom. The van der Waals surface area contributed by atoms with Gasteiger partial charge in [-0.2, -0.15) is 0 Å². The molecule has 0 radical (unpaired) electrons. The second-order valence-corrected chi connectivity index (χ2v) is 12.6. The fourth-order valence-electron chi connectivity index (χ4n) is 8.05. The van der Waals surface area contributed by atoms with Crippen LogP contribution in [0, 0.1) is 0 Å². The van der Waals surface area contributed by atoms with E-state index in [4.69, 9.17) is 9.97 Å². The molecule has 11 rings (SSSR count). The van der Waals surface area contributed by atoms with E-state index in [9.17, 15) is 0 Å². The Kier molecular flexibility index (Phi) is 4.61. The summed E-state index contributed by atoms with van der Waals surface area (Å²) in [5.41, 5.74) is 16.9. The number of hydrogen-bond acceptors (Lipinski definition) is 2. The third kappa shape index (κ3) is 3.20. The van der Waals surface area contributed by atoms with Crippen LogP contribution >= 0.6 is 0 Å². The molecule has 2 aliphatic rings. The SMILES string of the molecule is c1cc2c3c(cccc3c1)-c1cc(-c3cnc4c(ccc5cc(-c6ccc7c(c6)-c6cccc8cccc-7c68)cnc54)c3)ccc1-2. The van der Waals surface area contributed by atoms with Crippen molar-refractivity contribution in [2.45, 2.75) is 0 Å². The van der Waals surface area contributed by atoms with Gasteiger partial charge in [0.25, 0.3) is 0 Å². The van der Waals surface area contributed by atoms with Crippen LogP contribution in [-0.4, -0.2) is 9.97 Å². The number of pyridine rings is 2. The van der Waals surface area contributed by atoms with Crippen LogP contribution < -0.4 is 0 Å². The van der Waals surface area contributed by atoms with Crippen molar-refractivity contribution in [3.05, 3.63) is 146 Å². The molecular formula is C44H24N2. The molecule has 2 heteroatoms. The van der Waals surface area contributed by atoms with Gasteiger partial charge in [-0.05, 0) is 101 Å². The molecule has 2 heterocycles. The fraction of sp³-hybridized carbons (Fsp3) is 0. The molecule has 0 fully saturated rings. The standard InChI is InChI=1S/C44H24N2/c1-5-25-7-3-11-37-39-21-27(15-17-33(39)35(9-1)41(25)37)31-19-29-13-14-30-20-32(24-46-44(30)43(29)45-23-31)28-16-18-34-36-10-2-6-26-8-4-12-38(42(26)36)40(34)22-28/h1-24H. The number of nitrogens with zero attached hydrogens (tertiary/aromatic N) is 2. The van der Waals surface area contributed by atoms with Crippen LogP contribution in [0.4, 0.5) is 0 Å². The van der Waals surface area contributed by atoms with E-state index in [0.29, 0.717) is 0 Å². The maximum atomic E-state index is 4.99. The third-order valence-electron chi connectivity index (χ3n) is 10.2. The Morgan fingerprint density at radius 2 is 0.696 bits per heavy atom. The highest BCUT2D eigenvalue weighted by Gasteiger charge is 2.23. The Labute approximate surface area is 265 Å². The highest BCUT2D eigenvalue weighted by atomic mass is 14.7. The van der Waals surface area contributed by atoms with Gasteiger partial charge in [-0.3, -0.25) is 9.97 Å². The van der Waals surface area contributed by atoms with E-state index in [2.05, 4.69) is 133 Å². The van der Waals surface area contributed by atoms with Gasteiger partial charge in [-0.15, -0.1) is 0 Å². The van der Waals surface area contributed by atoms with Crippen molar-refractivity contribution in [3.63, 3.8) is 0 Å². The van der Waals surface area contributed by atoms with Crippen LogP contribution in [0.15, 0.2) is 146 Å². The normalized spacial score (nSPS) is 12.3. The Hall–Kier alpha value is -6.12. The lowest BCUT2D eigenvalue weighted by Crippen LogP contribution is -1.89. The summed E-state index contributed by atoms with van der Waals surface area (Å²) in [7, 11) is 0. The maximum absolute atomic E-state index is 4.99. The Morgan fingerprint density at radius 1 is 0.283 bits per heavy atom. The summed E-state index contributed by atoms with van der Waals surface area (Å²) in [6.45, 7) is 0. The lowest BCUT2D eigenvalue weighted by molar-refractivity contribution is 1.37. The molecule has 0 spiro atoms. The molecule has 7 aromatic carbocycles. The first-order valence-electron chi connectivity index (χ1n) is 15.8. The molecule has 0 atom stereocenters. The molecule has 46 heavy (non-hydrogen) atoms. The molecule has 0 saturated carbocycles. The van der Waals surface area contributed by atoms with Gasteiger partial charge >= 0.3 is 0 Å². The van der Waals surface area contributed by atoms with Crippen molar-refractivity contribution in [2.75, 3.05) is 0 Å². The van der Waals surface area contributed by atoms with Gasteiger partial charge in [0, 0.05) is 34.3 Å².